The van der Waals surface area contributed by atoms with Crippen LogP contribution in [0.25, 0.3) is 0 Å². The van der Waals surface area contributed by atoms with E-state index in [0.29, 0.717) is 12.3 Å². The van der Waals surface area contributed by atoms with E-state index in [4.69, 9.17) is 4.98 Å². The van der Waals surface area contributed by atoms with Crippen LogP contribution in [0, 0.1) is 0 Å². The molecule has 1 aromatic carbocycles. The lowest BCUT2D eigenvalue weighted by atomic mass is 10.1. The Bertz CT molecular complexity index is 718. The summed E-state index contributed by atoms with van der Waals surface area (Å²) in [7, 11) is 0. The summed E-state index contributed by atoms with van der Waals surface area (Å²) in [4.78, 5) is 21.6. The van der Waals surface area contributed by atoms with Crippen LogP contribution in [-0.2, 0) is 11.2 Å². The lowest BCUT2D eigenvalue weighted by Crippen LogP contribution is -2.54. The third-order valence-electron chi connectivity index (χ3n) is 5.12. The largest absolute Gasteiger partial charge is 0.343 e. The molecule has 1 atom stereocenters. The van der Waals surface area contributed by atoms with E-state index in [0.717, 1.165) is 49.9 Å². The number of piperazine rings is 1. The molecule has 2 aromatic rings. The Morgan fingerprint density at radius 2 is 2.00 bits per heavy atom. The number of carbonyl (C=O) groups excluding carboxylic acids is 1. The van der Waals surface area contributed by atoms with Crippen molar-refractivity contribution in [2.75, 3.05) is 24.5 Å². The van der Waals surface area contributed by atoms with E-state index < -0.39 is 0 Å². The van der Waals surface area contributed by atoms with E-state index in [1.807, 2.05) is 23.1 Å². The third kappa shape index (κ3) is 5.51. The molecule has 27 heavy (non-hydrogen) atoms. The molecule has 0 radical (unpaired) electrons. The number of rotatable bonds is 8. The highest BCUT2D eigenvalue weighted by Gasteiger charge is 2.28. The van der Waals surface area contributed by atoms with Crippen molar-refractivity contribution >= 4 is 22.6 Å². The van der Waals surface area contributed by atoms with Gasteiger partial charge in [0.25, 0.3) is 0 Å². The number of hydrogen-bond donors (Lipinski definition) is 0. The van der Waals surface area contributed by atoms with Crippen LogP contribution in [0.4, 0.5) is 5.13 Å². The highest BCUT2D eigenvalue weighted by molar-refractivity contribution is 7.09. The van der Waals surface area contributed by atoms with Gasteiger partial charge in [-0.05, 0) is 18.9 Å². The van der Waals surface area contributed by atoms with Crippen molar-refractivity contribution in [3.63, 3.8) is 0 Å². The van der Waals surface area contributed by atoms with E-state index in [-0.39, 0.29) is 6.04 Å². The predicted octanol–water partition coefficient (Wildman–Crippen LogP) is 4.14. The molecule has 2 heterocycles. The van der Waals surface area contributed by atoms with E-state index >= 15 is 0 Å². The number of nitrogens with zero attached hydrogens (tertiary/aromatic N) is 4. The summed E-state index contributed by atoms with van der Waals surface area (Å²) in [5.74, 6) is 1.18. The maximum Gasteiger partial charge on any atom is 0.222 e. The summed E-state index contributed by atoms with van der Waals surface area (Å²) in [5.41, 5.74) is 1.23. The van der Waals surface area contributed by atoms with Gasteiger partial charge in [0.1, 0.15) is 5.82 Å². The number of aromatic nitrogens is 2. The zero-order chi connectivity index (χ0) is 19.1. The second-order valence-electron chi connectivity index (χ2n) is 7.35. The summed E-state index contributed by atoms with van der Waals surface area (Å²) in [6.45, 7) is 6.79. The van der Waals surface area contributed by atoms with Gasteiger partial charge in [0.05, 0.1) is 0 Å². The molecule has 1 aromatic heterocycles. The molecule has 1 saturated heterocycles. The smallest absolute Gasteiger partial charge is 0.222 e. The average molecular weight is 387 g/mol. The fraction of sp³-hybridized carbons (Fsp3) is 0.571. The van der Waals surface area contributed by atoms with Gasteiger partial charge in [-0.15, -0.1) is 0 Å². The van der Waals surface area contributed by atoms with Crippen LogP contribution >= 0.6 is 11.5 Å². The van der Waals surface area contributed by atoms with Gasteiger partial charge in [0.2, 0.25) is 11.0 Å². The van der Waals surface area contributed by atoms with Crippen molar-refractivity contribution in [3.8, 4) is 0 Å². The fourth-order valence-electron chi connectivity index (χ4n) is 3.57. The van der Waals surface area contributed by atoms with Gasteiger partial charge in [0.15, 0.2) is 0 Å². The van der Waals surface area contributed by atoms with Crippen LogP contribution in [-0.4, -0.2) is 45.8 Å². The molecule has 0 saturated carbocycles. The molecule has 0 unspecified atom stereocenters. The summed E-state index contributed by atoms with van der Waals surface area (Å²) >= 11 is 1.47. The third-order valence-corrected chi connectivity index (χ3v) is 5.94. The summed E-state index contributed by atoms with van der Waals surface area (Å²) in [6, 6.07) is 10.5. The Morgan fingerprint density at radius 3 is 2.74 bits per heavy atom. The number of benzene rings is 1. The van der Waals surface area contributed by atoms with Crippen molar-refractivity contribution in [1.29, 1.82) is 0 Å². The van der Waals surface area contributed by atoms with Gasteiger partial charge in [-0.1, -0.05) is 56.5 Å². The maximum atomic E-state index is 12.5. The molecule has 1 aliphatic rings. The monoisotopic (exact) mass is 386 g/mol. The first-order valence-electron chi connectivity index (χ1n) is 10.1. The highest BCUT2D eigenvalue weighted by atomic mass is 32.1. The van der Waals surface area contributed by atoms with E-state index in [1.54, 1.807) is 0 Å². The summed E-state index contributed by atoms with van der Waals surface area (Å²) in [5, 5.41) is 0.975. The Labute approximate surface area is 166 Å². The number of unbranched alkanes of at least 4 members (excludes halogenated alkanes) is 3. The summed E-state index contributed by atoms with van der Waals surface area (Å²) < 4.78 is 4.53. The Kier molecular flexibility index (Phi) is 7.21. The Morgan fingerprint density at radius 1 is 1.19 bits per heavy atom. The second-order valence-corrected chi connectivity index (χ2v) is 8.08. The number of anilines is 1. The first-order valence-corrected chi connectivity index (χ1v) is 10.9. The summed E-state index contributed by atoms with van der Waals surface area (Å²) in [6.07, 6.45) is 6.05. The minimum Gasteiger partial charge on any atom is -0.343 e. The van der Waals surface area contributed by atoms with Crippen LogP contribution in [0.15, 0.2) is 30.3 Å². The lowest BCUT2D eigenvalue weighted by Gasteiger charge is -2.39. The maximum absolute atomic E-state index is 12.5. The molecule has 6 heteroatoms. The van der Waals surface area contributed by atoms with Gasteiger partial charge in [-0.3, -0.25) is 4.79 Å². The molecule has 3 rings (SSSR count). The van der Waals surface area contributed by atoms with Crippen LogP contribution in [0.5, 0.6) is 0 Å². The highest BCUT2D eigenvalue weighted by Crippen LogP contribution is 2.23. The van der Waals surface area contributed by atoms with Crippen LogP contribution < -0.4 is 4.90 Å². The molecule has 0 bridgehead atoms. The Balaban J connectivity index is 1.51. The molecular formula is C21H30N4OS. The van der Waals surface area contributed by atoms with Crippen LogP contribution in [0.3, 0.4) is 0 Å². The van der Waals surface area contributed by atoms with E-state index in [2.05, 4.69) is 35.3 Å². The molecular weight excluding hydrogens is 356 g/mol. The molecule has 5 nitrogen and oxygen atoms in total. The number of amides is 1. The van der Waals surface area contributed by atoms with Crippen molar-refractivity contribution in [3.05, 3.63) is 41.7 Å². The first kappa shape index (κ1) is 19.8. The van der Waals surface area contributed by atoms with Gasteiger partial charge in [-0.25, -0.2) is 4.98 Å². The van der Waals surface area contributed by atoms with Crippen molar-refractivity contribution < 1.29 is 4.79 Å². The standard InChI is InChI=1S/C21H30N4OS/c1-3-4-5-9-12-20(26)25-14-13-24(16-17(25)2)21-22-19(23-27-21)15-18-10-7-6-8-11-18/h6-8,10-11,17H,3-5,9,12-16H2,1-2H3/t17-/m1/s1. The molecule has 0 N–H and O–H groups in total. The second kappa shape index (κ2) is 9.83. The van der Waals surface area contributed by atoms with Gasteiger partial charge < -0.3 is 9.80 Å². The molecule has 1 aliphatic heterocycles. The zero-order valence-corrected chi connectivity index (χ0v) is 17.2. The fourth-order valence-corrected chi connectivity index (χ4v) is 4.29. The normalized spacial score (nSPS) is 17.3. The van der Waals surface area contributed by atoms with Crippen LogP contribution in [0.1, 0.15) is 57.3 Å². The van der Waals surface area contributed by atoms with Gasteiger partial charge in [0, 0.05) is 50.1 Å². The molecule has 0 aliphatic carbocycles. The van der Waals surface area contributed by atoms with Crippen molar-refractivity contribution in [2.24, 2.45) is 0 Å². The topological polar surface area (TPSA) is 49.3 Å². The Hall–Kier alpha value is -1.95. The van der Waals surface area contributed by atoms with Crippen molar-refractivity contribution in [1.82, 2.24) is 14.3 Å². The molecule has 1 amide bonds. The van der Waals surface area contributed by atoms with Crippen molar-refractivity contribution in [2.45, 2.75) is 58.4 Å². The van der Waals surface area contributed by atoms with E-state index in [9.17, 15) is 4.79 Å². The molecule has 0 spiro atoms. The zero-order valence-electron chi connectivity index (χ0n) is 16.4. The minimum absolute atomic E-state index is 0.221. The quantitative estimate of drug-likeness (QED) is 0.640. The predicted molar refractivity (Wildman–Crippen MR) is 111 cm³/mol. The lowest BCUT2D eigenvalue weighted by molar-refractivity contribution is -0.133. The minimum atomic E-state index is 0.221. The SMILES string of the molecule is CCCCCCC(=O)N1CCN(c2nc(Cc3ccccc3)ns2)C[C@H]1C. The van der Waals surface area contributed by atoms with Gasteiger partial charge >= 0.3 is 0 Å². The number of carbonyl (C=O) groups is 1. The molecule has 146 valence electrons. The van der Waals surface area contributed by atoms with Crippen LogP contribution in [0.2, 0.25) is 0 Å². The first-order chi connectivity index (χ1) is 13.2. The molecule has 1 fully saturated rings. The van der Waals surface area contributed by atoms with E-state index in [1.165, 1.54) is 29.9 Å². The number of hydrogen-bond acceptors (Lipinski definition) is 5. The average Bonchev–Trinajstić information content (AvgIpc) is 3.14. The van der Waals surface area contributed by atoms with Gasteiger partial charge in [-0.2, -0.15) is 4.37 Å².